The lowest BCUT2D eigenvalue weighted by molar-refractivity contribution is -0.127. The van der Waals surface area contributed by atoms with Crippen LogP contribution < -0.4 is 5.32 Å². The zero-order valence-corrected chi connectivity index (χ0v) is 18.8. The van der Waals surface area contributed by atoms with E-state index in [0.717, 1.165) is 63.4 Å². The quantitative estimate of drug-likeness (QED) is 0.529. The summed E-state index contributed by atoms with van der Waals surface area (Å²) in [6.45, 7) is 3.95. The average molecular weight is 435 g/mol. The number of imidazole rings is 1. The molecule has 2 atom stereocenters. The van der Waals surface area contributed by atoms with Gasteiger partial charge in [-0.25, -0.2) is 15.0 Å². The highest BCUT2D eigenvalue weighted by Gasteiger charge is 2.25. The number of pyridine rings is 1. The molecule has 1 aliphatic heterocycles. The Balaban J connectivity index is 1.40. The lowest BCUT2D eigenvalue weighted by atomic mass is 9.96. The molecule has 5 rings (SSSR count). The number of hydrogen-bond donors (Lipinski definition) is 1. The van der Waals surface area contributed by atoms with Crippen molar-refractivity contribution in [3.63, 3.8) is 0 Å². The fourth-order valence-electron chi connectivity index (χ4n) is 4.36. The number of aromatic nitrogens is 4. The van der Waals surface area contributed by atoms with E-state index < -0.39 is 0 Å². The standard InChI is InChI=1S/C23H26N6OS/c1-14(26-21(30)17-8-5-9-28(2)12-17)15-6-4-7-16(10-15)22-27-19-20-18(25-13-29(20)3)11-24-23(19)31-22/h4,6-7,10-11,13-14,17H,5,8-9,12H2,1-3H3,(H,26,30)/t14-,17?/m0/s1. The van der Waals surface area contributed by atoms with Gasteiger partial charge >= 0.3 is 0 Å². The molecular formula is C23H26N6OS. The average Bonchev–Trinajstić information content (AvgIpc) is 3.37. The van der Waals surface area contributed by atoms with Crippen LogP contribution in [0.2, 0.25) is 0 Å². The predicted molar refractivity (Wildman–Crippen MR) is 124 cm³/mol. The van der Waals surface area contributed by atoms with Crippen molar-refractivity contribution in [2.45, 2.75) is 25.8 Å². The number of rotatable bonds is 4. The number of hydrogen-bond acceptors (Lipinski definition) is 6. The van der Waals surface area contributed by atoms with E-state index in [0.29, 0.717) is 0 Å². The van der Waals surface area contributed by atoms with E-state index in [4.69, 9.17) is 4.98 Å². The fraction of sp³-hybridized carbons (Fsp3) is 0.391. The molecule has 8 heteroatoms. The molecule has 160 valence electrons. The van der Waals surface area contributed by atoms with Crippen molar-refractivity contribution in [1.29, 1.82) is 0 Å². The molecule has 1 N–H and O–H groups in total. The first kappa shape index (κ1) is 20.1. The van der Waals surface area contributed by atoms with E-state index >= 15 is 0 Å². The van der Waals surface area contributed by atoms with Crippen LogP contribution in [0.1, 0.15) is 31.4 Å². The summed E-state index contributed by atoms with van der Waals surface area (Å²) < 4.78 is 1.99. The largest absolute Gasteiger partial charge is 0.349 e. The number of carbonyl (C=O) groups excluding carboxylic acids is 1. The Hall–Kier alpha value is -2.84. The first-order valence-corrected chi connectivity index (χ1v) is 11.5. The normalized spacial score (nSPS) is 18.5. The topological polar surface area (TPSA) is 75.9 Å². The van der Waals surface area contributed by atoms with E-state index in [1.54, 1.807) is 23.9 Å². The Kier molecular flexibility index (Phi) is 5.19. The summed E-state index contributed by atoms with van der Waals surface area (Å²) in [4.78, 5) is 29.7. The zero-order valence-electron chi connectivity index (χ0n) is 18.0. The van der Waals surface area contributed by atoms with Crippen LogP contribution in [0.5, 0.6) is 0 Å². The minimum atomic E-state index is -0.0593. The SMILES string of the molecule is C[C@H](NC(=O)C1CCCN(C)C1)c1cccc(-c2nc3c(ncc4ncn(C)c43)s2)c1. The molecule has 0 bridgehead atoms. The summed E-state index contributed by atoms with van der Waals surface area (Å²) in [7, 11) is 4.06. The van der Waals surface area contributed by atoms with Crippen LogP contribution in [0.3, 0.4) is 0 Å². The third kappa shape index (κ3) is 3.81. The molecule has 4 heterocycles. The van der Waals surface area contributed by atoms with Gasteiger partial charge in [0.15, 0.2) is 0 Å². The highest BCUT2D eigenvalue weighted by atomic mass is 32.1. The van der Waals surface area contributed by atoms with Crippen LogP contribution in [0.15, 0.2) is 36.8 Å². The molecule has 1 unspecified atom stereocenters. The fourth-order valence-corrected chi connectivity index (χ4v) is 5.27. The second-order valence-electron chi connectivity index (χ2n) is 8.48. The van der Waals surface area contributed by atoms with Gasteiger partial charge in [-0.1, -0.05) is 29.5 Å². The number of thiazole rings is 1. The lowest BCUT2D eigenvalue weighted by Gasteiger charge is -2.29. The maximum Gasteiger partial charge on any atom is 0.224 e. The number of amides is 1. The van der Waals surface area contributed by atoms with Crippen LogP contribution in [-0.2, 0) is 11.8 Å². The van der Waals surface area contributed by atoms with Gasteiger partial charge in [-0.15, -0.1) is 0 Å². The molecule has 1 aromatic carbocycles. The molecule has 1 fully saturated rings. The molecule has 1 amide bonds. The molecule has 0 spiro atoms. The number of benzene rings is 1. The van der Waals surface area contributed by atoms with Crippen LogP contribution >= 0.6 is 11.3 Å². The van der Waals surface area contributed by atoms with Crippen LogP contribution in [-0.4, -0.2) is 50.5 Å². The van der Waals surface area contributed by atoms with Gasteiger partial charge in [-0.05, 0) is 45.0 Å². The Labute approximate surface area is 185 Å². The van der Waals surface area contributed by atoms with Gasteiger partial charge in [-0.3, -0.25) is 4.79 Å². The van der Waals surface area contributed by atoms with Crippen molar-refractivity contribution in [3.8, 4) is 10.6 Å². The molecule has 31 heavy (non-hydrogen) atoms. The highest BCUT2D eigenvalue weighted by Crippen LogP contribution is 2.33. The van der Waals surface area contributed by atoms with Gasteiger partial charge in [0.2, 0.25) is 5.91 Å². The third-order valence-corrected chi connectivity index (χ3v) is 7.10. The summed E-state index contributed by atoms with van der Waals surface area (Å²) in [5.41, 5.74) is 4.85. The number of aryl methyl sites for hydroxylation is 1. The van der Waals surface area contributed by atoms with Crippen molar-refractivity contribution >= 4 is 38.6 Å². The molecule has 0 radical (unpaired) electrons. The van der Waals surface area contributed by atoms with Gasteiger partial charge in [-0.2, -0.15) is 0 Å². The van der Waals surface area contributed by atoms with Crippen molar-refractivity contribution in [2.24, 2.45) is 13.0 Å². The third-order valence-electron chi connectivity index (χ3n) is 6.09. The maximum atomic E-state index is 12.8. The van der Waals surface area contributed by atoms with Crippen LogP contribution in [0.4, 0.5) is 0 Å². The molecular weight excluding hydrogens is 408 g/mol. The highest BCUT2D eigenvalue weighted by molar-refractivity contribution is 7.21. The number of nitrogens with one attached hydrogen (secondary N) is 1. The van der Waals surface area contributed by atoms with Gasteiger partial charge < -0.3 is 14.8 Å². The molecule has 0 saturated carbocycles. The number of piperidine rings is 1. The number of fused-ring (bicyclic) bond motifs is 3. The number of likely N-dealkylation sites (tertiary alicyclic amines) is 1. The number of nitrogens with zero attached hydrogens (tertiary/aromatic N) is 5. The molecule has 1 aliphatic rings. The first-order chi connectivity index (χ1) is 15.0. The van der Waals surface area contributed by atoms with Gasteiger partial charge in [0.1, 0.15) is 20.9 Å². The molecule has 4 aromatic rings. The van der Waals surface area contributed by atoms with E-state index in [1.165, 1.54) is 0 Å². The van der Waals surface area contributed by atoms with Gasteiger partial charge in [0.05, 0.1) is 30.0 Å². The van der Waals surface area contributed by atoms with E-state index in [9.17, 15) is 4.79 Å². The Morgan fingerprint density at radius 3 is 3.00 bits per heavy atom. The van der Waals surface area contributed by atoms with Gasteiger partial charge in [0.25, 0.3) is 0 Å². The maximum absolute atomic E-state index is 12.8. The Bertz CT molecular complexity index is 1260. The Morgan fingerprint density at radius 2 is 2.16 bits per heavy atom. The van der Waals surface area contributed by atoms with E-state index in [-0.39, 0.29) is 17.9 Å². The van der Waals surface area contributed by atoms with Crippen molar-refractivity contribution in [3.05, 3.63) is 42.4 Å². The van der Waals surface area contributed by atoms with E-state index in [2.05, 4.69) is 45.4 Å². The monoisotopic (exact) mass is 434 g/mol. The molecule has 7 nitrogen and oxygen atoms in total. The summed E-state index contributed by atoms with van der Waals surface area (Å²) in [5.74, 6) is 0.216. The van der Waals surface area contributed by atoms with Crippen molar-refractivity contribution in [2.75, 3.05) is 20.1 Å². The van der Waals surface area contributed by atoms with Crippen LogP contribution in [0.25, 0.3) is 32.0 Å². The summed E-state index contributed by atoms with van der Waals surface area (Å²) in [6, 6.07) is 8.21. The summed E-state index contributed by atoms with van der Waals surface area (Å²) in [6.07, 6.45) is 5.63. The zero-order chi connectivity index (χ0) is 21.5. The van der Waals surface area contributed by atoms with Crippen molar-refractivity contribution < 1.29 is 4.79 Å². The summed E-state index contributed by atoms with van der Waals surface area (Å²) >= 11 is 1.58. The number of carbonyl (C=O) groups is 1. The minimum absolute atomic E-state index is 0.0593. The Morgan fingerprint density at radius 1 is 1.29 bits per heavy atom. The smallest absolute Gasteiger partial charge is 0.224 e. The lowest BCUT2D eigenvalue weighted by Crippen LogP contribution is -2.42. The van der Waals surface area contributed by atoms with Gasteiger partial charge in [0, 0.05) is 19.2 Å². The summed E-state index contributed by atoms with van der Waals surface area (Å²) in [5, 5.41) is 4.14. The molecule has 0 aliphatic carbocycles. The predicted octanol–water partition coefficient (Wildman–Crippen LogP) is 3.76. The first-order valence-electron chi connectivity index (χ1n) is 10.7. The van der Waals surface area contributed by atoms with Crippen LogP contribution in [0, 0.1) is 5.92 Å². The molecule has 1 saturated heterocycles. The minimum Gasteiger partial charge on any atom is -0.349 e. The molecule has 3 aromatic heterocycles. The second-order valence-corrected chi connectivity index (χ2v) is 9.45. The van der Waals surface area contributed by atoms with Crippen molar-refractivity contribution in [1.82, 2.24) is 29.7 Å². The van der Waals surface area contributed by atoms with E-state index in [1.807, 2.05) is 24.6 Å². The second kappa shape index (κ2) is 8.01.